The third-order valence-electron chi connectivity index (χ3n) is 4.56. The maximum atomic E-state index is 13.2. The Morgan fingerprint density at radius 1 is 1.04 bits per heavy atom. The van der Waals surface area contributed by atoms with E-state index in [1.165, 1.54) is 0 Å². The molecule has 2 heterocycles. The number of furan rings is 1. The number of carbonyl (C=O) groups excluding carboxylic acids is 1. The Balaban J connectivity index is 1.63. The topological polar surface area (TPSA) is 46.3 Å². The molecule has 2 aromatic heterocycles. The number of hydrogen-bond acceptors (Lipinski definition) is 3. The van der Waals surface area contributed by atoms with Crippen molar-refractivity contribution in [2.45, 2.75) is 19.9 Å². The fraction of sp³-hybridized carbons (Fsp3) is 0.130. The van der Waals surface area contributed by atoms with Crippen molar-refractivity contribution >= 4 is 22.7 Å². The van der Waals surface area contributed by atoms with Crippen LogP contribution in [-0.2, 0) is 17.8 Å². The number of nitrogens with zero attached hydrogens (tertiary/aromatic N) is 2. The number of amides is 1. The second kappa shape index (κ2) is 7.46. The Kier molecular flexibility index (Phi) is 4.71. The number of pyridine rings is 1. The van der Waals surface area contributed by atoms with E-state index in [4.69, 9.17) is 4.42 Å². The summed E-state index contributed by atoms with van der Waals surface area (Å²) in [7, 11) is 0. The molecule has 4 heteroatoms. The van der Waals surface area contributed by atoms with E-state index < -0.39 is 0 Å². The van der Waals surface area contributed by atoms with Gasteiger partial charge < -0.3 is 4.42 Å². The summed E-state index contributed by atoms with van der Waals surface area (Å²) < 4.78 is 5.65. The molecule has 1 amide bonds. The summed E-state index contributed by atoms with van der Waals surface area (Å²) in [5.74, 6) is 0.635. The van der Waals surface area contributed by atoms with Crippen molar-refractivity contribution in [2.75, 3.05) is 4.90 Å². The minimum Gasteiger partial charge on any atom is -0.464 e. The summed E-state index contributed by atoms with van der Waals surface area (Å²) in [6.07, 6.45) is 3.65. The zero-order valence-corrected chi connectivity index (χ0v) is 15.1. The Hall–Kier alpha value is -3.40. The van der Waals surface area contributed by atoms with Crippen molar-refractivity contribution in [2.24, 2.45) is 0 Å². The second-order valence-corrected chi connectivity index (χ2v) is 6.59. The van der Waals surface area contributed by atoms with E-state index in [0.29, 0.717) is 12.4 Å². The van der Waals surface area contributed by atoms with Crippen molar-refractivity contribution in [1.82, 2.24) is 4.98 Å². The summed E-state index contributed by atoms with van der Waals surface area (Å²) >= 11 is 0. The first-order valence-corrected chi connectivity index (χ1v) is 8.93. The maximum absolute atomic E-state index is 13.2. The Morgan fingerprint density at radius 3 is 2.63 bits per heavy atom. The number of anilines is 1. The van der Waals surface area contributed by atoms with Gasteiger partial charge in [0.2, 0.25) is 5.91 Å². The summed E-state index contributed by atoms with van der Waals surface area (Å²) in [6, 6.07) is 21.6. The summed E-state index contributed by atoms with van der Waals surface area (Å²) in [6.45, 7) is 2.50. The van der Waals surface area contributed by atoms with Gasteiger partial charge in [-0.05, 0) is 36.2 Å². The van der Waals surface area contributed by atoms with Gasteiger partial charge in [-0.2, -0.15) is 0 Å². The van der Waals surface area contributed by atoms with Gasteiger partial charge in [-0.3, -0.25) is 9.69 Å². The van der Waals surface area contributed by atoms with Crippen molar-refractivity contribution < 1.29 is 9.21 Å². The first-order chi connectivity index (χ1) is 13.2. The smallest absolute Gasteiger partial charge is 0.233 e. The standard InChI is InChI=1S/C23H20N2O2/c1-17-10-11-20-19(16-27-21(20)13-17)14-23(26)25(22-9-5-6-12-24-22)15-18-7-3-2-4-8-18/h2-13,16H,14-15H2,1H3. The molecule has 0 aliphatic rings. The van der Waals surface area contributed by atoms with E-state index in [-0.39, 0.29) is 12.3 Å². The average Bonchev–Trinajstić information content (AvgIpc) is 3.09. The number of hydrogen-bond donors (Lipinski definition) is 0. The van der Waals surface area contributed by atoms with E-state index in [9.17, 15) is 4.79 Å². The summed E-state index contributed by atoms with van der Waals surface area (Å²) in [5.41, 5.74) is 3.90. The van der Waals surface area contributed by atoms with Crippen molar-refractivity contribution in [1.29, 1.82) is 0 Å². The van der Waals surface area contributed by atoms with Crippen LogP contribution in [0.3, 0.4) is 0 Å². The molecular weight excluding hydrogens is 336 g/mol. The first kappa shape index (κ1) is 17.0. The highest BCUT2D eigenvalue weighted by atomic mass is 16.3. The lowest BCUT2D eigenvalue weighted by Gasteiger charge is -2.22. The maximum Gasteiger partial charge on any atom is 0.233 e. The van der Waals surface area contributed by atoms with Crippen LogP contribution < -0.4 is 4.90 Å². The normalized spacial score (nSPS) is 10.9. The highest BCUT2D eigenvalue weighted by molar-refractivity contribution is 5.96. The summed E-state index contributed by atoms with van der Waals surface area (Å²) in [5, 5.41) is 0.981. The number of aromatic nitrogens is 1. The molecular formula is C23H20N2O2. The second-order valence-electron chi connectivity index (χ2n) is 6.59. The van der Waals surface area contributed by atoms with E-state index >= 15 is 0 Å². The lowest BCUT2D eigenvalue weighted by molar-refractivity contribution is -0.118. The van der Waals surface area contributed by atoms with Crippen LogP contribution in [0, 0.1) is 6.92 Å². The fourth-order valence-corrected chi connectivity index (χ4v) is 3.16. The molecule has 2 aromatic carbocycles. The van der Waals surface area contributed by atoms with Crippen LogP contribution in [0.25, 0.3) is 11.0 Å². The van der Waals surface area contributed by atoms with Gasteiger partial charge in [-0.15, -0.1) is 0 Å². The predicted molar refractivity (Wildman–Crippen MR) is 107 cm³/mol. The third kappa shape index (κ3) is 3.75. The quantitative estimate of drug-likeness (QED) is 0.510. The van der Waals surface area contributed by atoms with Gasteiger partial charge in [0.25, 0.3) is 0 Å². The molecule has 27 heavy (non-hydrogen) atoms. The molecule has 0 saturated carbocycles. The van der Waals surface area contributed by atoms with Crippen LogP contribution in [0.4, 0.5) is 5.82 Å². The minimum atomic E-state index is -0.0131. The molecule has 0 spiro atoms. The van der Waals surface area contributed by atoms with Crippen LogP contribution in [0.2, 0.25) is 0 Å². The van der Waals surface area contributed by atoms with E-state index in [1.807, 2.05) is 73.7 Å². The molecule has 4 aromatic rings. The monoisotopic (exact) mass is 356 g/mol. The Labute approximate surface area is 158 Å². The number of aryl methyl sites for hydroxylation is 1. The Morgan fingerprint density at radius 2 is 1.85 bits per heavy atom. The van der Waals surface area contributed by atoms with Crippen molar-refractivity contribution in [3.63, 3.8) is 0 Å². The molecule has 0 aliphatic carbocycles. The highest BCUT2D eigenvalue weighted by Gasteiger charge is 2.19. The summed E-state index contributed by atoms with van der Waals surface area (Å²) in [4.78, 5) is 19.3. The molecule has 134 valence electrons. The van der Waals surface area contributed by atoms with E-state index in [1.54, 1.807) is 17.4 Å². The molecule has 0 fully saturated rings. The molecule has 4 nitrogen and oxygen atoms in total. The van der Waals surface area contributed by atoms with Crippen LogP contribution in [-0.4, -0.2) is 10.9 Å². The zero-order valence-electron chi connectivity index (χ0n) is 15.1. The van der Waals surface area contributed by atoms with Crippen LogP contribution in [0.1, 0.15) is 16.7 Å². The predicted octanol–water partition coefficient (Wildman–Crippen LogP) is 4.91. The fourth-order valence-electron chi connectivity index (χ4n) is 3.16. The van der Waals surface area contributed by atoms with Gasteiger partial charge in [-0.1, -0.05) is 48.5 Å². The largest absolute Gasteiger partial charge is 0.464 e. The van der Waals surface area contributed by atoms with Gasteiger partial charge in [0.05, 0.1) is 19.2 Å². The van der Waals surface area contributed by atoms with Gasteiger partial charge in [0.1, 0.15) is 11.4 Å². The SMILES string of the molecule is Cc1ccc2c(CC(=O)N(Cc3ccccc3)c3ccccn3)coc2c1. The molecule has 0 atom stereocenters. The molecule has 0 unspecified atom stereocenters. The van der Waals surface area contributed by atoms with Gasteiger partial charge in [0, 0.05) is 17.1 Å². The zero-order chi connectivity index (χ0) is 18.6. The molecule has 0 radical (unpaired) electrons. The minimum absolute atomic E-state index is 0.0131. The highest BCUT2D eigenvalue weighted by Crippen LogP contribution is 2.24. The van der Waals surface area contributed by atoms with Crippen LogP contribution >= 0.6 is 0 Å². The number of fused-ring (bicyclic) bond motifs is 1. The van der Waals surface area contributed by atoms with Gasteiger partial charge in [-0.25, -0.2) is 4.98 Å². The van der Waals surface area contributed by atoms with Gasteiger partial charge in [0.15, 0.2) is 0 Å². The lowest BCUT2D eigenvalue weighted by atomic mass is 10.1. The molecule has 4 rings (SSSR count). The first-order valence-electron chi connectivity index (χ1n) is 8.93. The average molecular weight is 356 g/mol. The van der Waals surface area contributed by atoms with Crippen LogP contribution in [0.15, 0.2) is 83.6 Å². The van der Waals surface area contributed by atoms with Crippen molar-refractivity contribution in [3.8, 4) is 0 Å². The van der Waals surface area contributed by atoms with E-state index in [2.05, 4.69) is 4.98 Å². The van der Waals surface area contributed by atoms with E-state index in [0.717, 1.165) is 27.7 Å². The number of rotatable bonds is 5. The number of benzene rings is 2. The molecule has 0 saturated heterocycles. The Bertz CT molecular complexity index is 1060. The van der Waals surface area contributed by atoms with Crippen molar-refractivity contribution in [3.05, 3.63) is 95.9 Å². The number of carbonyl (C=O) groups is 1. The molecule has 0 aliphatic heterocycles. The molecule has 0 N–H and O–H groups in total. The lowest BCUT2D eigenvalue weighted by Crippen LogP contribution is -2.32. The third-order valence-corrected chi connectivity index (χ3v) is 4.56. The van der Waals surface area contributed by atoms with Crippen LogP contribution in [0.5, 0.6) is 0 Å². The molecule has 0 bridgehead atoms. The van der Waals surface area contributed by atoms with Gasteiger partial charge >= 0.3 is 0 Å².